The minimum Gasteiger partial charge on any atom is -0.497 e. The van der Waals surface area contributed by atoms with Crippen molar-refractivity contribution >= 4 is 10.9 Å². The van der Waals surface area contributed by atoms with Gasteiger partial charge < -0.3 is 9.72 Å². The maximum Gasteiger partial charge on any atom is 0.266 e. The molecule has 5 nitrogen and oxygen atoms in total. The number of H-pyrrole nitrogens is 2. The maximum absolute atomic E-state index is 13.0. The highest BCUT2D eigenvalue weighted by Gasteiger charge is 2.26. The lowest BCUT2D eigenvalue weighted by atomic mass is 9.87. The van der Waals surface area contributed by atoms with Crippen LogP contribution in [0, 0.1) is 6.92 Å². The SMILES string of the molecule is COc1ccc2[nH]c(C)c(C(Cc3ccccc3)c3cc(=O)n(C4CCCCC4)[nH]3)c2c1. The molecule has 1 aliphatic rings. The van der Waals surface area contributed by atoms with E-state index in [2.05, 4.69) is 53.4 Å². The zero-order chi connectivity index (χ0) is 22.1. The lowest BCUT2D eigenvalue weighted by Gasteiger charge is -2.23. The third kappa shape index (κ3) is 3.88. The van der Waals surface area contributed by atoms with Gasteiger partial charge in [-0.3, -0.25) is 9.89 Å². The molecule has 1 aliphatic carbocycles. The number of nitrogens with one attached hydrogen (secondary N) is 2. The Morgan fingerprint density at radius 1 is 1.06 bits per heavy atom. The van der Waals surface area contributed by atoms with Gasteiger partial charge in [0.05, 0.1) is 13.2 Å². The van der Waals surface area contributed by atoms with Gasteiger partial charge in [-0.1, -0.05) is 49.6 Å². The Balaban J connectivity index is 1.63. The molecule has 0 saturated heterocycles. The monoisotopic (exact) mass is 429 g/mol. The number of aromatic amines is 2. The summed E-state index contributed by atoms with van der Waals surface area (Å²) in [6, 6.07) is 18.8. The largest absolute Gasteiger partial charge is 0.497 e. The summed E-state index contributed by atoms with van der Waals surface area (Å²) in [5, 5.41) is 4.69. The predicted octanol–water partition coefficient (Wildman–Crippen LogP) is 5.85. The normalized spacial score (nSPS) is 15.8. The molecule has 0 aliphatic heterocycles. The molecule has 1 atom stereocenters. The molecular formula is C27H31N3O2. The van der Waals surface area contributed by atoms with Crippen molar-refractivity contribution in [2.45, 2.75) is 57.4 Å². The summed E-state index contributed by atoms with van der Waals surface area (Å²) in [7, 11) is 1.70. The summed E-state index contributed by atoms with van der Waals surface area (Å²) in [6.07, 6.45) is 6.63. The fourth-order valence-electron chi connectivity index (χ4n) is 5.34. The number of rotatable bonds is 6. The highest BCUT2D eigenvalue weighted by Crippen LogP contribution is 2.37. The van der Waals surface area contributed by atoms with Crippen LogP contribution in [0.15, 0.2) is 59.4 Å². The van der Waals surface area contributed by atoms with Gasteiger partial charge in [-0.25, -0.2) is 4.68 Å². The number of benzene rings is 2. The number of methoxy groups -OCH3 is 1. The smallest absolute Gasteiger partial charge is 0.266 e. The first-order valence-corrected chi connectivity index (χ1v) is 11.7. The Hall–Kier alpha value is -3.21. The maximum atomic E-state index is 13.0. The summed E-state index contributed by atoms with van der Waals surface area (Å²) in [5.74, 6) is 0.875. The van der Waals surface area contributed by atoms with E-state index >= 15 is 0 Å². The molecule has 2 N–H and O–H groups in total. The van der Waals surface area contributed by atoms with Crippen molar-refractivity contribution in [1.82, 2.24) is 14.8 Å². The number of aromatic nitrogens is 3. The zero-order valence-electron chi connectivity index (χ0n) is 18.9. The molecule has 166 valence electrons. The van der Waals surface area contributed by atoms with Crippen molar-refractivity contribution in [2.24, 2.45) is 0 Å². The Morgan fingerprint density at radius 2 is 1.84 bits per heavy atom. The summed E-state index contributed by atoms with van der Waals surface area (Å²) < 4.78 is 7.40. The number of hydrogen-bond acceptors (Lipinski definition) is 2. The van der Waals surface area contributed by atoms with Gasteiger partial charge >= 0.3 is 0 Å². The number of aryl methyl sites for hydroxylation is 1. The first-order chi connectivity index (χ1) is 15.6. The van der Waals surface area contributed by atoms with Crippen LogP contribution in [0.25, 0.3) is 10.9 Å². The van der Waals surface area contributed by atoms with Crippen LogP contribution in [-0.2, 0) is 6.42 Å². The van der Waals surface area contributed by atoms with Crippen LogP contribution in [0.2, 0.25) is 0 Å². The van der Waals surface area contributed by atoms with E-state index in [-0.39, 0.29) is 17.5 Å². The number of nitrogens with zero attached hydrogens (tertiary/aromatic N) is 1. The fourth-order valence-corrected chi connectivity index (χ4v) is 5.34. The van der Waals surface area contributed by atoms with E-state index < -0.39 is 0 Å². The second-order valence-electron chi connectivity index (χ2n) is 9.03. The molecule has 0 spiro atoms. The van der Waals surface area contributed by atoms with Crippen molar-refractivity contribution in [3.05, 3.63) is 87.5 Å². The van der Waals surface area contributed by atoms with Crippen molar-refractivity contribution < 1.29 is 4.74 Å². The van der Waals surface area contributed by atoms with Crippen LogP contribution in [-0.4, -0.2) is 21.9 Å². The molecule has 0 bridgehead atoms. The molecule has 2 aromatic carbocycles. The number of fused-ring (bicyclic) bond motifs is 1. The van der Waals surface area contributed by atoms with E-state index in [0.717, 1.165) is 47.3 Å². The van der Waals surface area contributed by atoms with Crippen LogP contribution in [0.5, 0.6) is 5.75 Å². The predicted molar refractivity (Wildman–Crippen MR) is 129 cm³/mol. The lowest BCUT2D eigenvalue weighted by molar-refractivity contribution is 0.321. The molecule has 0 amide bonds. The lowest BCUT2D eigenvalue weighted by Crippen LogP contribution is -2.23. The van der Waals surface area contributed by atoms with E-state index in [0.29, 0.717) is 0 Å². The van der Waals surface area contributed by atoms with Gasteiger partial charge in [0.2, 0.25) is 0 Å². The minimum atomic E-state index is 0.0378. The first kappa shape index (κ1) is 20.7. The molecule has 5 heteroatoms. The number of ether oxygens (including phenoxy) is 1. The van der Waals surface area contributed by atoms with E-state index in [1.165, 1.54) is 30.4 Å². The van der Waals surface area contributed by atoms with Gasteiger partial charge in [0.1, 0.15) is 5.75 Å². The Morgan fingerprint density at radius 3 is 2.59 bits per heavy atom. The molecule has 1 fully saturated rings. The molecule has 1 saturated carbocycles. The van der Waals surface area contributed by atoms with Gasteiger partial charge in [0.15, 0.2) is 0 Å². The Bertz CT molecular complexity index is 1260. The Labute approximate surface area is 188 Å². The minimum absolute atomic E-state index is 0.0378. The highest BCUT2D eigenvalue weighted by molar-refractivity contribution is 5.87. The van der Waals surface area contributed by atoms with E-state index in [1.807, 2.05) is 22.9 Å². The van der Waals surface area contributed by atoms with Crippen LogP contribution in [0.1, 0.15) is 66.6 Å². The second kappa shape index (κ2) is 8.73. The van der Waals surface area contributed by atoms with E-state index in [1.54, 1.807) is 7.11 Å². The summed E-state index contributed by atoms with van der Waals surface area (Å²) in [5.41, 5.74) is 5.75. The average Bonchev–Trinajstić information content (AvgIpc) is 3.37. The van der Waals surface area contributed by atoms with Crippen molar-refractivity contribution in [3.63, 3.8) is 0 Å². The van der Waals surface area contributed by atoms with Gasteiger partial charge in [-0.15, -0.1) is 0 Å². The standard InChI is InChI=1S/C27H31N3O2/c1-18-27(23-16-21(32-2)13-14-24(23)28-18)22(15-19-9-5-3-6-10-19)25-17-26(31)30(29-25)20-11-7-4-8-12-20/h3,5-6,9-10,13-14,16-17,20,22,28-29H,4,7-8,11-12,15H2,1-2H3. The molecule has 1 unspecified atom stereocenters. The summed E-state index contributed by atoms with van der Waals surface area (Å²) >= 11 is 0. The van der Waals surface area contributed by atoms with E-state index in [9.17, 15) is 4.79 Å². The van der Waals surface area contributed by atoms with Gasteiger partial charge in [-0.2, -0.15) is 0 Å². The van der Waals surface area contributed by atoms with Crippen LogP contribution < -0.4 is 10.3 Å². The van der Waals surface area contributed by atoms with Gasteiger partial charge in [-0.05, 0) is 55.5 Å². The quantitative estimate of drug-likeness (QED) is 0.404. The van der Waals surface area contributed by atoms with Gasteiger partial charge in [0.25, 0.3) is 5.56 Å². The topological polar surface area (TPSA) is 62.8 Å². The molecule has 32 heavy (non-hydrogen) atoms. The Kier molecular flexibility index (Phi) is 5.64. The summed E-state index contributed by atoms with van der Waals surface area (Å²) in [6.45, 7) is 2.12. The second-order valence-corrected chi connectivity index (χ2v) is 9.03. The van der Waals surface area contributed by atoms with E-state index in [4.69, 9.17) is 4.74 Å². The third-order valence-electron chi connectivity index (χ3n) is 6.96. The molecule has 2 aromatic heterocycles. The molecule has 0 radical (unpaired) electrons. The average molecular weight is 430 g/mol. The molecular weight excluding hydrogens is 398 g/mol. The van der Waals surface area contributed by atoms with Crippen LogP contribution >= 0.6 is 0 Å². The fraction of sp³-hybridized carbons (Fsp3) is 0.370. The van der Waals surface area contributed by atoms with Crippen molar-refractivity contribution in [3.8, 4) is 5.75 Å². The van der Waals surface area contributed by atoms with Crippen LogP contribution in [0.3, 0.4) is 0 Å². The first-order valence-electron chi connectivity index (χ1n) is 11.7. The summed E-state index contributed by atoms with van der Waals surface area (Å²) in [4.78, 5) is 16.6. The van der Waals surface area contributed by atoms with Crippen molar-refractivity contribution in [1.29, 1.82) is 0 Å². The molecule has 2 heterocycles. The zero-order valence-corrected chi connectivity index (χ0v) is 18.9. The van der Waals surface area contributed by atoms with Gasteiger partial charge in [0, 0.05) is 34.3 Å². The third-order valence-corrected chi connectivity index (χ3v) is 6.96. The molecule has 4 aromatic rings. The van der Waals surface area contributed by atoms with Crippen molar-refractivity contribution in [2.75, 3.05) is 7.11 Å². The van der Waals surface area contributed by atoms with Crippen LogP contribution in [0.4, 0.5) is 0 Å². The number of hydrogen-bond donors (Lipinski definition) is 2. The highest BCUT2D eigenvalue weighted by atomic mass is 16.5. The molecule has 5 rings (SSSR count).